The number of sulfonamides is 1. The van der Waals surface area contributed by atoms with Crippen molar-refractivity contribution in [2.75, 3.05) is 0 Å². The van der Waals surface area contributed by atoms with Crippen molar-refractivity contribution in [1.82, 2.24) is 4.31 Å². The van der Waals surface area contributed by atoms with Gasteiger partial charge in [-0.05, 0) is 37.5 Å². The van der Waals surface area contributed by atoms with Gasteiger partial charge in [-0.3, -0.25) is 0 Å². The predicted molar refractivity (Wildman–Crippen MR) is 70.7 cm³/mol. The molecule has 0 fully saturated rings. The van der Waals surface area contributed by atoms with Gasteiger partial charge < -0.3 is 4.74 Å². The molecule has 1 aromatic rings. The highest BCUT2D eigenvalue weighted by Crippen LogP contribution is 2.35. The predicted octanol–water partition coefficient (Wildman–Crippen LogP) is 2.72. The maximum Gasteiger partial charge on any atom is 0.429 e. The first kappa shape index (κ1) is 13.9. The second-order valence-corrected chi connectivity index (χ2v) is 6.91. The summed E-state index contributed by atoms with van der Waals surface area (Å²) in [4.78, 5) is 11.8. The Bertz CT molecular complexity index is 620. The number of hydrogen-bond acceptors (Lipinski definition) is 4. The molecule has 1 aliphatic rings. The summed E-state index contributed by atoms with van der Waals surface area (Å²) in [5, 5.41) is 0. The molecule has 1 amide bonds. The van der Waals surface area contributed by atoms with Crippen molar-refractivity contribution in [2.24, 2.45) is 0 Å². The molecule has 5 nitrogen and oxygen atoms in total. The van der Waals surface area contributed by atoms with Crippen LogP contribution in [0, 0.1) is 0 Å². The number of amides is 1. The van der Waals surface area contributed by atoms with Crippen LogP contribution in [-0.4, -0.2) is 24.9 Å². The standard InChI is InChI=1S/C13H17NO4S/c1-8(2)10-5-6-11-12(7-10)19(16,17)14(9(3)4)13(15)18-11/h5-9H,1-4H3. The molecular weight excluding hydrogens is 266 g/mol. The molecule has 19 heavy (non-hydrogen) atoms. The maximum absolute atomic E-state index is 12.5. The molecule has 0 aliphatic carbocycles. The molecule has 1 aliphatic heterocycles. The topological polar surface area (TPSA) is 63.7 Å². The minimum Gasteiger partial charge on any atom is -0.408 e. The quantitative estimate of drug-likeness (QED) is 0.837. The average Bonchev–Trinajstić information content (AvgIpc) is 2.26. The molecule has 0 spiro atoms. The summed E-state index contributed by atoms with van der Waals surface area (Å²) in [7, 11) is -3.83. The third-order valence-corrected chi connectivity index (χ3v) is 4.98. The van der Waals surface area contributed by atoms with E-state index in [4.69, 9.17) is 4.74 Å². The van der Waals surface area contributed by atoms with Gasteiger partial charge in [0.15, 0.2) is 5.75 Å². The van der Waals surface area contributed by atoms with Crippen LogP contribution < -0.4 is 4.74 Å². The van der Waals surface area contributed by atoms with Crippen LogP contribution in [0.5, 0.6) is 5.75 Å². The fourth-order valence-electron chi connectivity index (χ4n) is 2.00. The zero-order valence-electron chi connectivity index (χ0n) is 11.4. The lowest BCUT2D eigenvalue weighted by molar-refractivity contribution is 0.166. The lowest BCUT2D eigenvalue weighted by Gasteiger charge is -2.30. The van der Waals surface area contributed by atoms with Gasteiger partial charge in [-0.25, -0.2) is 13.2 Å². The van der Waals surface area contributed by atoms with Gasteiger partial charge in [0.2, 0.25) is 0 Å². The van der Waals surface area contributed by atoms with Crippen molar-refractivity contribution in [2.45, 2.75) is 44.6 Å². The van der Waals surface area contributed by atoms with E-state index in [1.54, 1.807) is 26.0 Å². The first-order valence-electron chi connectivity index (χ1n) is 6.15. The van der Waals surface area contributed by atoms with Gasteiger partial charge in [0.05, 0.1) is 0 Å². The summed E-state index contributed by atoms with van der Waals surface area (Å²) in [5.74, 6) is 0.303. The SMILES string of the molecule is CC(C)c1ccc2c(c1)S(=O)(=O)N(C(C)C)C(=O)O2. The van der Waals surface area contributed by atoms with E-state index in [1.807, 2.05) is 13.8 Å². The summed E-state index contributed by atoms with van der Waals surface area (Å²) in [6.07, 6.45) is -0.847. The smallest absolute Gasteiger partial charge is 0.408 e. The van der Waals surface area contributed by atoms with Crippen molar-refractivity contribution in [3.8, 4) is 5.75 Å². The van der Waals surface area contributed by atoms with Crippen LogP contribution >= 0.6 is 0 Å². The molecule has 0 saturated carbocycles. The first-order chi connectivity index (χ1) is 8.75. The summed E-state index contributed by atoms with van der Waals surface area (Å²) >= 11 is 0. The minimum absolute atomic E-state index is 0.0620. The zero-order valence-corrected chi connectivity index (χ0v) is 12.2. The fraction of sp³-hybridized carbons (Fsp3) is 0.462. The van der Waals surface area contributed by atoms with Crippen molar-refractivity contribution in [3.05, 3.63) is 23.8 Å². The summed E-state index contributed by atoms with van der Waals surface area (Å²) in [6, 6.07) is 4.42. The second kappa shape index (κ2) is 4.52. The van der Waals surface area contributed by atoms with Crippen molar-refractivity contribution >= 4 is 16.1 Å². The van der Waals surface area contributed by atoms with Crippen molar-refractivity contribution in [1.29, 1.82) is 0 Å². The molecule has 0 aromatic heterocycles. The van der Waals surface area contributed by atoms with Gasteiger partial charge >= 0.3 is 6.09 Å². The zero-order chi connectivity index (χ0) is 14.4. The lowest BCUT2D eigenvalue weighted by Crippen LogP contribution is -2.46. The third-order valence-electron chi connectivity index (χ3n) is 3.02. The Morgan fingerprint density at radius 3 is 2.32 bits per heavy atom. The molecule has 0 saturated heterocycles. The van der Waals surface area contributed by atoms with Crippen LogP contribution in [0.25, 0.3) is 0 Å². The molecule has 1 aromatic carbocycles. The highest BCUT2D eigenvalue weighted by Gasteiger charge is 2.40. The number of fused-ring (bicyclic) bond motifs is 1. The van der Waals surface area contributed by atoms with E-state index in [0.29, 0.717) is 0 Å². The van der Waals surface area contributed by atoms with Crippen LogP contribution in [0.3, 0.4) is 0 Å². The van der Waals surface area contributed by atoms with Gasteiger partial charge in [-0.2, -0.15) is 4.31 Å². The van der Waals surface area contributed by atoms with Crippen LogP contribution in [0.15, 0.2) is 23.1 Å². The molecule has 104 valence electrons. The minimum atomic E-state index is -3.83. The van der Waals surface area contributed by atoms with E-state index < -0.39 is 22.2 Å². The highest BCUT2D eigenvalue weighted by atomic mass is 32.2. The number of rotatable bonds is 2. The largest absolute Gasteiger partial charge is 0.429 e. The molecule has 0 bridgehead atoms. The molecule has 6 heteroatoms. The van der Waals surface area contributed by atoms with Crippen LogP contribution in [0.2, 0.25) is 0 Å². The Morgan fingerprint density at radius 1 is 1.16 bits per heavy atom. The fourth-order valence-corrected chi connectivity index (χ4v) is 3.65. The van der Waals surface area contributed by atoms with Crippen LogP contribution in [0.4, 0.5) is 4.79 Å². The third kappa shape index (κ3) is 2.20. The molecular formula is C13H17NO4S. The Hall–Kier alpha value is -1.56. The number of hydrogen-bond donors (Lipinski definition) is 0. The molecule has 0 radical (unpaired) electrons. The van der Waals surface area contributed by atoms with E-state index in [2.05, 4.69) is 0 Å². The van der Waals surface area contributed by atoms with E-state index >= 15 is 0 Å². The van der Waals surface area contributed by atoms with Gasteiger partial charge in [0, 0.05) is 6.04 Å². The monoisotopic (exact) mass is 283 g/mol. The normalized spacial score (nSPS) is 17.6. The Labute approximate surface area is 113 Å². The number of nitrogens with zero attached hydrogens (tertiary/aromatic N) is 1. The van der Waals surface area contributed by atoms with Gasteiger partial charge in [-0.15, -0.1) is 0 Å². The van der Waals surface area contributed by atoms with Crippen molar-refractivity contribution < 1.29 is 17.9 Å². The first-order valence-corrected chi connectivity index (χ1v) is 7.59. The number of carbonyl (C=O) groups is 1. The number of benzene rings is 1. The highest BCUT2D eigenvalue weighted by molar-refractivity contribution is 7.89. The molecule has 0 N–H and O–H groups in total. The van der Waals surface area contributed by atoms with Gasteiger partial charge in [0.1, 0.15) is 4.90 Å². The molecule has 0 atom stereocenters. The van der Waals surface area contributed by atoms with Crippen molar-refractivity contribution in [3.63, 3.8) is 0 Å². The number of carbonyl (C=O) groups excluding carboxylic acids is 1. The molecule has 0 unspecified atom stereocenters. The Morgan fingerprint density at radius 2 is 1.79 bits per heavy atom. The lowest BCUT2D eigenvalue weighted by atomic mass is 10.0. The summed E-state index contributed by atoms with van der Waals surface area (Å²) in [5.41, 5.74) is 0.893. The maximum atomic E-state index is 12.5. The molecule has 1 heterocycles. The summed E-state index contributed by atoms with van der Waals surface area (Å²) < 4.78 is 30.8. The van der Waals surface area contributed by atoms with E-state index in [0.717, 1.165) is 9.87 Å². The average molecular weight is 283 g/mol. The van der Waals surface area contributed by atoms with Crippen LogP contribution in [-0.2, 0) is 10.0 Å². The second-order valence-electron chi connectivity index (χ2n) is 5.12. The van der Waals surface area contributed by atoms with Crippen LogP contribution in [0.1, 0.15) is 39.2 Å². The van der Waals surface area contributed by atoms with E-state index in [-0.39, 0.29) is 16.6 Å². The van der Waals surface area contributed by atoms with Gasteiger partial charge in [-0.1, -0.05) is 19.9 Å². The van der Waals surface area contributed by atoms with E-state index in [1.165, 1.54) is 6.07 Å². The molecule has 2 rings (SSSR count). The summed E-state index contributed by atoms with van der Waals surface area (Å²) in [6.45, 7) is 7.22. The Kier molecular flexibility index (Phi) is 3.30. The van der Waals surface area contributed by atoms with E-state index in [9.17, 15) is 13.2 Å². The number of ether oxygens (including phenoxy) is 1. The Balaban J connectivity index is 2.64. The van der Waals surface area contributed by atoms with Gasteiger partial charge in [0.25, 0.3) is 10.0 Å².